The number of anilines is 2. The summed E-state index contributed by atoms with van der Waals surface area (Å²) in [7, 11) is -11.6. The highest BCUT2D eigenvalue weighted by atomic mass is 32.3. The lowest BCUT2D eigenvalue weighted by Crippen LogP contribution is -2.15. The Morgan fingerprint density at radius 1 is 0.700 bits per heavy atom. The van der Waals surface area contributed by atoms with Crippen molar-refractivity contribution < 1.29 is 72.2 Å². The fourth-order valence-electron chi connectivity index (χ4n) is 3.53. The number of nitrogens with two attached hydrogens (primary N) is 2. The molecule has 0 unspecified atom stereocenters. The molecule has 0 aromatic heterocycles. The van der Waals surface area contributed by atoms with Gasteiger partial charge in [0.1, 0.15) is 28.5 Å². The Hall–Kier alpha value is -3.55. The van der Waals surface area contributed by atoms with Gasteiger partial charge in [0, 0.05) is 0 Å². The van der Waals surface area contributed by atoms with E-state index in [-0.39, 0.29) is 73.5 Å². The molecule has 0 aliphatic rings. The summed E-state index contributed by atoms with van der Waals surface area (Å²) in [5.74, 6) is -1.13. The fraction of sp³-hybridized carbons (Fsp3) is 0.217. The number of nitrogen functional groups attached to an aromatic ring is 2. The Kier molecular flexibility index (Phi) is 15.2. The smallest absolute Gasteiger partial charge is 0.397 e. The topological polar surface area (TPSA) is 329 Å². The Morgan fingerprint density at radius 3 is 1.86 bits per heavy atom. The zero-order chi connectivity index (χ0) is 37.0. The van der Waals surface area contributed by atoms with Gasteiger partial charge in [-0.3, -0.25) is 8.74 Å². The van der Waals surface area contributed by atoms with Crippen LogP contribution in [0, 0.1) is 0 Å². The van der Waals surface area contributed by atoms with Crippen molar-refractivity contribution in [3.8, 4) is 5.75 Å². The number of hydrogen-bond donors (Lipinski definition) is 5. The molecular formula is C23H26N6O16S5. The van der Waals surface area contributed by atoms with Gasteiger partial charge in [-0.1, -0.05) is 10.1 Å². The zero-order valence-electron chi connectivity index (χ0n) is 25.1. The van der Waals surface area contributed by atoms with E-state index in [2.05, 4.69) is 43.4 Å². The number of nitrogens with zero attached hydrogens (tertiary/aromatic N) is 4. The van der Waals surface area contributed by atoms with Crippen LogP contribution < -0.4 is 16.2 Å². The van der Waals surface area contributed by atoms with Crippen LogP contribution >= 0.6 is 24.4 Å². The molecule has 3 aromatic carbocycles. The molecule has 0 aliphatic carbocycles. The normalized spacial score (nSPS) is 12.6. The second kappa shape index (κ2) is 18.6. The SMILES string of the molecule is COc1ccc(S(=O)(=O)CCOSOOO)cc1N=Nc1cc(N=Nc2ccc(S(=O)(=O)CCOS(=O)(=O)O)cc2SOOO)c(N)cc1N. The molecule has 0 heterocycles. The summed E-state index contributed by atoms with van der Waals surface area (Å²) in [6.07, 6.45) is 0. The van der Waals surface area contributed by atoms with Crippen LogP contribution in [-0.4, -0.2) is 72.1 Å². The van der Waals surface area contributed by atoms with E-state index >= 15 is 0 Å². The summed E-state index contributed by atoms with van der Waals surface area (Å²) in [5, 5.41) is 39.9. The second-order valence-electron chi connectivity index (χ2n) is 8.98. The maximum atomic E-state index is 12.8. The van der Waals surface area contributed by atoms with Gasteiger partial charge < -0.3 is 16.2 Å². The molecule has 0 fully saturated rings. The summed E-state index contributed by atoms with van der Waals surface area (Å²) in [6, 6.07) is 9.81. The summed E-state index contributed by atoms with van der Waals surface area (Å²) >= 11 is 0.569. The van der Waals surface area contributed by atoms with Gasteiger partial charge in [-0.2, -0.15) is 8.42 Å². The summed E-state index contributed by atoms with van der Waals surface area (Å²) in [5.41, 5.74) is 12.2. The van der Waals surface area contributed by atoms with E-state index in [9.17, 15) is 25.3 Å². The first-order valence-corrected chi connectivity index (χ1v) is 19.0. The van der Waals surface area contributed by atoms with Crippen molar-refractivity contribution in [2.45, 2.75) is 14.7 Å². The Balaban J connectivity index is 1.90. The van der Waals surface area contributed by atoms with Crippen LogP contribution in [0.2, 0.25) is 0 Å². The molecule has 274 valence electrons. The number of benzene rings is 3. The summed E-state index contributed by atoms with van der Waals surface area (Å²) in [4.78, 5) is -0.529. The maximum absolute atomic E-state index is 12.8. The number of azo groups is 2. The minimum absolute atomic E-state index is 0.00708. The third kappa shape index (κ3) is 12.3. The molecule has 50 heavy (non-hydrogen) atoms. The van der Waals surface area contributed by atoms with Crippen LogP contribution in [0.5, 0.6) is 5.75 Å². The van der Waals surface area contributed by atoms with Crippen LogP contribution in [0.4, 0.5) is 34.1 Å². The highest BCUT2D eigenvalue weighted by molar-refractivity contribution is 7.95. The van der Waals surface area contributed by atoms with E-state index < -0.39 is 48.2 Å². The Morgan fingerprint density at radius 2 is 1.26 bits per heavy atom. The first-order chi connectivity index (χ1) is 23.6. The average molecular weight is 803 g/mol. The standard InChI is InChI=1S/C23H26N6O16S5/c1-39-22-5-3-14(48(32,33)8-6-40-47-45-43-31)10-21(22)29-28-20-13-19(16(24)12-17(20)25)27-26-18-4-2-15(11-23(18)46-44-42-30)49(34,35)9-7-41-50(36,37)38/h2-5,10-13,30-31H,6-9,24-25H2,1H3,(H,36,37,38). The third-order valence-corrected chi connectivity index (χ3v) is 10.6. The van der Waals surface area contributed by atoms with E-state index in [0.717, 1.165) is 12.1 Å². The molecule has 0 atom stereocenters. The van der Waals surface area contributed by atoms with Crippen molar-refractivity contribution in [2.24, 2.45) is 20.5 Å². The molecular weight excluding hydrogens is 777 g/mol. The van der Waals surface area contributed by atoms with Crippen molar-refractivity contribution in [3.63, 3.8) is 0 Å². The van der Waals surface area contributed by atoms with Crippen molar-refractivity contribution in [2.75, 3.05) is 43.3 Å². The van der Waals surface area contributed by atoms with Gasteiger partial charge in [0.05, 0.1) is 69.9 Å². The predicted molar refractivity (Wildman–Crippen MR) is 174 cm³/mol. The Labute approximate surface area is 292 Å². The van der Waals surface area contributed by atoms with Gasteiger partial charge in [-0.25, -0.2) is 31.5 Å². The lowest BCUT2D eigenvalue weighted by Gasteiger charge is -2.09. The van der Waals surface area contributed by atoms with Crippen molar-refractivity contribution >= 4 is 88.6 Å². The molecule has 3 rings (SSSR count). The number of rotatable bonds is 20. The van der Waals surface area contributed by atoms with E-state index in [1.54, 1.807) is 0 Å². The molecule has 0 bridgehead atoms. The number of methoxy groups -OCH3 is 1. The lowest BCUT2D eigenvalue weighted by molar-refractivity contribution is -0.434. The van der Waals surface area contributed by atoms with E-state index in [1.807, 2.05) is 0 Å². The molecule has 22 nitrogen and oxygen atoms in total. The monoisotopic (exact) mass is 802 g/mol. The number of sulfone groups is 2. The Bertz CT molecular complexity index is 2030. The largest absolute Gasteiger partial charge is 0.494 e. The van der Waals surface area contributed by atoms with Crippen LogP contribution in [-0.2, 0) is 57.2 Å². The first kappa shape index (κ1) is 40.9. The van der Waals surface area contributed by atoms with Crippen molar-refractivity contribution in [1.29, 1.82) is 0 Å². The fourth-order valence-corrected chi connectivity index (χ4v) is 7.01. The lowest BCUT2D eigenvalue weighted by atomic mass is 10.2. The van der Waals surface area contributed by atoms with Gasteiger partial charge in [0.15, 0.2) is 32.0 Å². The van der Waals surface area contributed by atoms with Crippen LogP contribution in [0.3, 0.4) is 0 Å². The number of ether oxygens (including phenoxy) is 1. The number of hydrogen-bond acceptors (Lipinski definition) is 23. The molecule has 0 saturated carbocycles. The first-order valence-electron chi connectivity index (χ1n) is 12.9. The van der Waals surface area contributed by atoms with Crippen LogP contribution in [0.25, 0.3) is 0 Å². The molecule has 27 heteroatoms. The third-order valence-electron chi connectivity index (χ3n) is 5.79. The molecule has 0 amide bonds. The van der Waals surface area contributed by atoms with Gasteiger partial charge in [-0.05, 0) is 48.5 Å². The minimum Gasteiger partial charge on any atom is -0.494 e. The van der Waals surface area contributed by atoms with E-state index in [0.29, 0.717) is 12.0 Å². The van der Waals surface area contributed by atoms with Gasteiger partial charge in [0.25, 0.3) is 0 Å². The minimum atomic E-state index is -4.87. The molecule has 7 N–H and O–H groups in total. The molecule has 0 saturated heterocycles. The quantitative estimate of drug-likeness (QED) is 0.0200. The molecule has 0 aliphatic heterocycles. The summed E-state index contributed by atoms with van der Waals surface area (Å²) in [6.45, 7) is -1.19. The van der Waals surface area contributed by atoms with Crippen LogP contribution in [0.15, 0.2) is 83.7 Å². The zero-order valence-corrected chi connectivity index (χ0v) is 29.2. The van der Waals surface area contributed by atoms with Crippen molar-refractivity contribution in [3.05, 3.63) is 48.5 Å². The van der Waals surface area contributed by atoms with Gasteiger partial charge in [0.2, 0.25) is 0 Å². The van der Waals surface area contributed by atoms with Crippen LogP contribution in [0.1, 0.15) is 0 Å². The molecule has 0 radical (unpaired) electrons. The van der Waals surface area contributed by atoms with Crippen molar-refractivity contribution in [1.82, 2.24) is 0 Å². The van der Waals surface area contributed by atoms with Gasteiger partial charge in [-0.15, -0.1) is 29.1 Å². The van der Waals surface area contributed by atoms with E-state index in [1.165, 1.54) is 43.5 Å². The molecule has 0 spiro atoms. The van der Waals surface area contributed by atoms with E-state index in [4.69, 9.17) is 35.5 Å². The van der Waals surface area contributed by atoms with Gasteiger partial charge >= 0.3 is 10.4 Å². The highest BCUT2D eigenvalue weighted by Gasteiger charge is 2.20. The molecule has 3 aromatic rings. The second-order valence-corrected chi connectivity index (χ2v) is 15.5. The maximum Gasteiger partial charge on any atom is 0.397 e. The summed E-state index contributed by atoms with van der Waals surface area (Å²) < 4.78 is 104. The predicted octanol–water partition coefficient (Wildman–Crippen LogP) is 4.49. The highest BCUT2D eigenvalue weighted by Crippen LogP contribution is 2.39. The average Bonchev–Trinajstić information content (AvgIpc) is 3.05.